The summed E-state index contributed by atoms with van der Waals surface area (Å²) in [6.45, 7) is 4.87. The smallest absolute Gasteiger partial charge is 0.269 e. The van der Waals surface area contributed by atoms with Gasteiger partial charge >= 0.3 is 0 Å². The summed E-state index contributed by atoms with van der Waals surface area (Å²) in [5, 5.41) is 10.1. The number of aromatic nitrogens is 1. The van der Waals surface area contributed by atoms with E-state index in [1.165, 1.54) is 6.21 Å². The van der Waals surface area contributed by atoms with E-state index in [0.717, 1.165) is 23.1 Å². The highest BCUT2D eigenvalue weighted by atomic mass is 16.1. The molecule has 0 aliphatic heterocycles. The molecule has 102 valence electrons. The molecule has 0 aromatic carbocycles. The Hall–Kier alpha value is -2.01. The number of nitrogens with zero attached hydrogens (tertiary/aromatic N) is 1. The minimum atomic E-state index is -0.232. The molecule has 5 nitrogen and oxygen atoms in total. The minimum Gasteiger partial charge on any atom is -0.349 e. The van der Waals surface area contributed by atoms with Gasteiger partial charge in [0.1, 0.15) is 5.69 Å². The first kappa shape index (κ1) is 15.0. The van der Waals surface area contributed by atoms with Gasteiger partial charge in [-0.1, -0.05) is 18.6 Å². The van der Waals surface area contributed by atoms with Gasteiger partial charge in [-0.05, 0) is 25.0 Å². The molecule has 0 unspecified atom stereocenters. The number of allylic oxidation sites excluding steroid dienone is 2. The number of nitrogens with two attached hydrogens (primary N) is 1. The van der Waals surface area contributed by atoms with Crippen LogP contribution in [-0.2, 0) is 0 Å². The predicted molar refractivity (Wildman–Crippen MR) is 77.3 cm³/mol. The van der Waals surface area contributed by atoms with E-state index < -0.39 is 0 Å². The fraction of sp³-hybridized carbons (Fsp3) is 0.357. The van der Waals surface area contributed by atoms with Crippen LogP contribution < -0.4 is 11.1 Å². The SMILES string of the molecule is CC/C(C)=C(/C=N)c1ccc(C(=O)NCCN)nc1. The summed E-state index contributed by atoms with van der Waals surface area (Å²) < 4.78 is 0. The molecule has 0 saturated carbocycles. The molecule has 0 aliphatic carbocycles. The summed E-state index contributed by atoms with van der Waals surface area (Å²) in [5.74, 6) is -0.232. The highest BCUT2D eigenvalue weighted by Gasteiger charge is 2.08. The van der Waals surface area contributed by atoms with Gasteiger partial charge in [-0.3, -0.25) is 9.78 Å². The van der Waals surface area contributed by atoms with Crippen molar-refractivity contribution >= 4 is 17.7 Å². The average molecular weight is 260 g/mol. The van der Waals surface area contributed by atoms with E-state index in [-0.39, 0.29) is 5.91 Å². The predicted octanol–water partition coefficient (Wildman–Crippen LogP) is 1.60. The van der Waals surface area contributed by atoms with Gasteiger partial charge in [0.25, 0.3) is 5.91 Å². The van der Waals surface area contributed by atoms with Gasteiger partial charge in [-0.15, -0.1) is 0 Å². The maximum atomic E-state index is 11.7. The molecule has 0 bridgehead atoms. The van der Waals surface area contributed by atoms with Crippen molar-refractivity contribution in [3.8, 4) is 0 Å². The van der Waals surface area contributed by atoms with Crippen molar-refractivity contribution < 1.29 is 4.79 Å². The second-order valence-electron chi connectivity index (χ2n) is 4.17. The number of hydrogen-bond donors (Lipinski definition) is 3. The molecule has 0 saturated heterocycles. The maximum absolute atomic E-state index is 11.7. The van der Waals surface area contributed by atoms with Crippen LogP contribution in [0.5, 0.6) is 0 Å². The second kappa shape index (κ2) is 7.43. The third-order valence-electron chi connectivity index (χ3n) is 2.87. The Balaban J connectivity index is 2.93. The van der Waals surface area contributed by atoms with Crippen molar-refractivity contribution in [2.45, 2.75) is 20.3 Å². The standard InChI is InChI=1S/C14H20N4O/c1-3-10(2)12(8-16)11-4-5-13(18-9-11)14(19)17-7-6-15/h4-5,8-9,16H,3,6-7,15H2,1-2H3,(H,17,19)/b12-10-,16-8?. The van der Waals surface area contributed by atoms with Crippen molar-refractivity contribution in [3.05, 3.63) is 35.2 Å². The van der Waals surface area contributed by atoms with Crippen LogP contribution in [0.4, 0.5) is 0 Å². The molecule has 0 spiro atoms. The summed E-state index contributed by atoms with van der Waals surface area (Å²) in [5.41, 5.74) is 8.50. The first-order valence-corrected chi connectivity index (χ1v) is 6.29. The molecular weight excluding hydrogens is 240 g/mol. The number of amides is 1. The highest BCUT2D eigenvalue weighted by molar-refractivity contribution is 6.09. The lowest BCUT2D eigenvalue weighted by atomic mass is 10.0. The summed E-state index contributed by atoms with van der Waals surface area (Å²) in [6, 6.07) is 3.47. The van der Waals surface area contributed by atoms with Gasteiger partial charge < -0.3 is 16.5 Å². The lowest BCUT2D eigenvalue weighted by Crippen LogP contribution is -2.29. The van der Waals surface area contributed by atoms with Crippen LogP contribution in [0, 0.1) is 5.41 Å². The molecule has 0 atom stereocenters. The van der Waals surface area contributed by atoms with Crippen LogP contribution >= 0.6 is 0 Å². The summed E-state index contributed by atoms with van der Waals surface area (Å²) >= 11 is 0. The lowest BCUT2D eigenvalue weighted by molar-refractivity contribution is 0.0950. The van der Waals surface area contributed by atoms with Gasteiger partial charge in [0, 0.05) is 31.1 Å². The van der Waals surface area contributed by atoms with Crippen LogP contribution in [0.3, 0.4) is 0 Å². The number of nitrogens with one attached hydrogen (secondary N) is 2. The van der Waals surface area contributed by atoms with Crippen molar-refractivity contribution in [1.29, 1.82) is 5.41 Å². The van der Waals surface area contributed by atoms with Crippen molar-refractivity contribution in [3.63, 3.8) is 0 Å². The molecule has 0 radical (unpaired) electrons. The Morgan fingerprint density at radius 1 is 1.53 bits per heavy atom. The van der Waals surface area contributed by atoms with Gasteiger partial charge in [0.05, 0.1) is 0 Å². The molecule has 5 heteroatoms. The van der Waals surface area contributed by atoms with E-state index in [2.05, 4.69) is 10.3 Å². The molecule has 1 aromatic rings. The maximum Gasteiger partial charge on any atom is 0.269 e. The van der Waals surface area contributed by atoms with Gasteiger partial charge in [0.15, 0.2) is 0 Å². The Labute approximate surface area is 113 Å². The second-order valence-corrected chi connectivity index (χ2v) is 4.17. The van der Waals surface area contributed by atoms with Crippen molar-refractivity contribution in [1.82, 2.24) is 10.3 Å². The minimum absolute atomic E-state index is 0.232. The van der Waals surface area contributed by atoms with Crippen LogP contribution in [0.15, 0.2) is 23.9 Å². The van der Waals surface area contributed by atoms with Gasteiger partial charge in [-0.2, -0.15) is 0 Å². The summed E-state index contributed by atoms with van der Waals surface area (Å²) in [4.78, 5) is 15.8. The van der Waals surface area contributed by atoms with E-state index in [1.54, 1.807) is 12.3 Å². The van der Waals surface area contributed by atoms with Crippen LogP contribution in [0.2, 0.25) is 0 Å². The number of pyridine rings is 1. The molecule has 4 N–H and O–H groups in total. The molecular formula is C14H20N4O. The number of carbonyl (C=O) groups is 1. The van der Waals surface area contributed by atoms with Crippen LogP contribution in [-0.4, -0.2) is 30.2 Å². The number of hydrogen-bond acceptors (Lipinski definition) is 4. The van der Waals surface area contributed by atoms with E-state index in [9.17, 15) is 4.79 Å². The quantitative estimate of drug-likeness (QED) is 0.678. The molecule has 0 aliphatic rings. The largest absolute Gasteiger partial charge is 0.349 e. The summed E-state index contributed by atoms with van der Waals surface area (Å²) in [6.07, 6.45) is 3.82. The van der Waals surface area contributed by atoms with Gasteiger partial charge in [-0.25, -0.2) is 0 Å². The topological polar surface area (TPSA) is 91.9 Å². The lowest BCUT2D eigenvalue weighted by Gasteiger charge is -2.07. The van der Waals surface area contributed by atoms with Gasteiger partial charge in [0.2, 0.25) is 0 Å². The fourth-order valence-corrected chi connectivity index (χ4v) is 1.61. The molecule has 1 amide bonds. The fourth-order valence-electron chi connectivity index (χ4n) is 1.61. The highest BCUT2D eigenvalue weighted by Crippen LogP contribution is 2.18. The zero-order valence-corrected chi connectivity index (χ0v) is 11.4. The third-order valence-corrected chi connectivity index (χ3v) is 2.87. The molecule has 0 fully saturated rings. The monoisotopic (exact) mass is 260 g/mol. The number of carbonyl (C=O) groups excluding carboxylic acids is 1. The Morgan fingerprint density at radius 2 is 2.26 bits per heavy atom. The zero-order chi connectivity index (χ0) is 14.3. The molecule has 1 rings (SSSR count). The van der Waals surface area contributed by atoms with Crippen molar-refractivity contribution in [2.24, 2.45) is 5.73 Å². The third kappa shape index (κ3) is 3.99. The molecule has 19 heavy (non-hydrogen) atoms. The Bertz CT molecular complexity index is 477. The van der Waals surface area contributed by atoms with Crippen LogP contribution in [0.1, 0.15) is 36.3 Å². The van der Waals surface area contributed by atoms with E-state index in [4.69, 9.17) is 11.1 Å². The zero-order valence-electron chi connectivity index (χ0n) is 11.4. The van der Waals surface area contributed by atoms with E-state index in [1.807, 2.05) is 19.9 Å². The first-order chi connectivity index (χ1) is 9.13. The molecule has 1 heterocycles. The number of rotatable bonds is 6. The summed E-state index contributed by atoms with van der Waals surface area (Å²) in [7, 11) is 0. The Morgan fingerprint density at radius 3 is 2.74 bits per heavy atom. The normalized spacial score (nSPS) is 11.7. The first-order valence-electron chi connectivity index (χ1n) is 6.29. The van der Waals surface area contributed by atoms with E-state index >= 15 is 0 Å². The average Bonchev–Trinajstić information content (AvgIpc) is 2.46. The van der Waals surface area contributed by atoms with Crippen LogP contribution in [0.25, 0.3) is 5.57 Å². The van der Waals surface area contributed by atoms with E-state index in [0.29, 0.717) is 18.8 Å². The molecule has 1 aromatic heterocycles. The van der Waals surface area contributed by atoms with Crippen molar-refractivity contribution in [2.75, 3.05) is 13.1 Å². The Kier molecular flexibility index (Phi) is 5.89.